The predicted octanol–water partition coefficient (Wildman–Crippen LogP) is 5.55. The number of aryl methyl sites for hydroxylation is 1. The fourth-order valence-corrected chi connectivity index (χ4v) is 11.4. The number of fused-ring (bicyclic) bond motifs is 4. The van der Waals surface area contributed by atoms with E-state index in [1.807, 2.05) is 32.2 Å². The van der Waals surface area contributed by atoms with Crippen LogP contribution in [0, 0.1) is 17.8 Å². The van der Waals surface area contributed by atoms with Crippen LogP contribution in [-0.2, 0) is 36.1 Å². The van der Waals surface area contributed by atoms with Crippen LogP contribution in [0.25, 0.3) is 0 Å². The number of halogens is 1. The first-order chi connectivity index (χ1) is 26.9. The third kappa shape index (κ3) is 8.40. The van der Waals surface area contributed by atoms with E-state index >= 15 is 0 Å². The van der Waals surface area contributed by atoms with Crippen molar-refractivity contribution in [2.75, 3.05) is 91.9 Å². The third-order valence-electron chi connectivity index (χ3n) is 13.7. The number of amides is 1. The van der Waals surface area contributed by atoms with Gasteiger partial charge in [0, 0.05) is 89.2 Å². The van der Waals surface area contributed by atoms with Crippen molar-refractivity contribution in [1.82, 2.24) is 14.5 Å². The maximum Gasteiger partial charge on any atom is 0.264 e. The van der Waals surface area contributed by atoms with E-state index in [4.69, 9.17) is 30.5 Å². The Kier molecular flexibility index (Phi) is 12.8. The fourth-order valence-electron chi connectivity index (χ4n) is 9.95. The molecule has 1 N–H and O–H groups in total. The van der Waals surface area contributed by atoms with Crippen LogP contribution >= 0.6 is 11.6 Å². The van der Waals surface area contributed by atoms with Crippen molar-refractivity contribution >= 4 is 33.2 Å². The van der Waals surface area contributed by atoms with Crippen molar-refractivity contribution in [3.63, 3.8) is 0 Å². The molecular formula is C43H61ClN4O7S. The Morgan fingerprint density at radius 1 is 1.02 bits per heavy atom. The Hall–Kier alpha value is -2.71. The van der Waals surface area contributed by atoms with E-state index in [2.05, 4.69) is 43.7 Å². The van der Waals surface area contributed by atoms with Gasteiger partial charge in [-0.25, -0.2) is 13.1 Å². The monoisotopic (exact) mass is 812 g/mol. The highest BCUT2D eigenvalue weighted by Crippen LogP contribution is 2.49. The van der Waals surface area contributed by atoms with Gasteiger partial charge in [-0.1, -0.05) is 36.7 Å². The van der Waals surface area contributed by atoms with Crippen LogP contribution in [0.4, 0.5) is 5.69 Å². The van der Waals surface area contributed by atoms with Crippen molar-refractivity contribution in [2.45, 2.75) is 74.7 Å². The van der Waals surface area contributed by atoms with Gasteiger partial charge in [-0.05, 0) is 105 Å². The molecule has 2 fully saturated rings. The van der Waals surface area contributed by atoms with Crippen molar-refractivity contribution in [3.8, 4) is 5.75 Å². The van der Waals surface area contributed by atoms with Crippen LogP contribution in [-0.4, -0.2) is 128 Å². The van der Waals surface area contributed by atoms with E-state index in [9.17, 15) is 13.2 Å². The van der Waals surface area contributed by atoms with Crippen LogP contribution in [0.15, 0.2) is 48.6 Å². The summed E-state index contributed by atoms with van der Waals surface area (Å²) in [5.41, 5.74) is 2.82. The van der Waals surface area contributed by atoms with Gasteiger partial charge in [-0.2, -0.15) is 0 Å². The van der Waals surface area contributed by atoms with Gasteiger partial charge in [0.25, 0.3) is 5.91 Å². The van der Waals surface area contributed by atoms with Crippen molar-refractivity contribution in [2.24, 2.45) is 17.8 Å². The van der Waals surface area contributed by atoms with Crippen LogP contribution in [0.2, 0.25) is 5.02 Å². The maximum atomic E-state index is 13.7. The lowest BCUT2D eigenvalue weighted by Gasteiger charge is -2.54. The molecule has 1 spiro atoms. The Balaban J connectivity index is 1.24. The number of likely N-dealkylation sites (tertiary alicyclic amines) is 1. The zero-order chi connectivity index (χ0) is 39.7. The number of ether oxygens (including phenoxy) is 4. The summed E-state index contributed by atoms with van der Waals surface area (Å²) >= 11 is 6.51. The Morgan fingerprint density at radius 2 is 1.79 bits per heavy atom. The van der Waals surface area contributed by atoms with Crippen LogP contribution in [0.3, 0.4) is 0 Å². The first kappa shape index (κ1) is 41.4. The zero-order valence-electron chi connectivity index (χ0n) is 33.8. The standard InChI is InChI=1S/C43H61ClN4O7S/c1-30-8-6-17-43(54-5,28-46-25-36(26-46)47(18-20-52-3)19-21-53-4)38-13-10-34(38)24-48-27-42(16-7-9-32-22-35(44)12-14-37(32)42)29-55-40-15-11-33(23-39(40)48)41(49)45-56(50,51)31(30)2/h6,11-12,14-15,17,22-23,30-31,34,36,38H,7-10,13,16,18-21,24-29H2,1-5H3,(H,45,49)/b17-6+/t30-,31+,34-,38+,42-,43+/m0/s1. The average Bonchev–Trinajstić information content (AvgIpc) is 3.30. The molecule has 308 valence electrons. The molecule has 6 atom stereocenters. The van der Waals surface area contributed by atoms with Gasteiger partial charge in [-0.3, -0.25) is 14.6 Å². The van der Waals surface area contributed by atoms with Crippen molar-refractivity contribution in [1.29, 1.82) is 0 Å². The summed E-state index contributed by atoms with van der Waals surface area (Å²) in [4.78, 5) is 21.1. The minimum absolute atomic E-state index is 0.234. The van der Waals surface area contributed by atoms with Gasteiger partial charge >= 0.3 is 0 Å². The average molecular weight is 814 g/mol. The molecule has 2 aromatic rings. The number of nitrogens with zero attached hydrogens (tertiary/aromatic N) is 3. The van der Waals surface area contributed by atoms with Gasteiger partial charge in [0.1, 0.15) is 11.4 Å². The van der Waals surface area contributed by atoms with Crippen LogP contribution < -0.4 is 14.4 Å². The molecular weight excluding hydrogens is 752 g/mol. The second-order valence-corrected chi connectivity index (χ2v) is 19.5. The quantitative estimate of drug-likeness (QED) is 0.307. The molecule has 3 heterocycles. The van der Waals surface area contributed by atoms with E-state index in [0.29, 0.717) is 56.1 Å². The normalized spacial score (nSPS) is 31.3. The van der Waals surface area contributed by atoms with E-state index in [1.165, 1.54) is 11.1 Å². The molecule has 11 nitrogen and oxygen atoms in total. The Morgan fingerprint density at radius 3 is 2.48 bits per heavy atom. The summed E-state index contributed by atoms with van der Waals surface area (Å²) in [5.74, 6) is 0.395. The zero-order valence-corrected chi connectivity index (χ0v) is 35.4. The summed E-state index contributed by atoms with van der Waals surface area (Å²) in [5, 5.41) is -0.0514. The first-order valence-electron chi connectivity index (χ1n) is 20.4. The molecule has 1 saturated heterocycles. The summed E-state index contributed by atoms with van der Waals surface area (Å²) in [6.45, 7) is 11.3. The lowest BCUT2D eigenvalue weighted by Crippen LogP contribution is -2.65. The molecule has 0 radical (unpaired) electrons. The lowest BCUT2D eigenvalue weighted by atomic mass is 9.63. The van der Waals surface area contributed by atoms with E-state index in [0.717, 1.165) is 82.1 Å². The molecule has 0 aromatic heterocycles. The number of benzene rings is 2. The number of hydrogen-bond donors (Lipinski definition) is 1. The lowest BCUT2D eigenvalue weighted by molar-refractivity contribution is -0.110. The van der Waals surface area contributed by atoms with Crippen molar-refractivity contribution < 1.29 is 32.2 Å². The van der Waals surface area contributed by atoms with Gasteiger partial charge < -0.3 is 23.8 Å². The fraction of sp³-hybridized carbons (Fsp3) is 0.651. The number of sulfonamides is 1. The third-order valence-corrected chi connectivity index (χ3v) is 15.9. The Labute approximate surface area is 339 Å². The van der Waals surface area contributed by atoms with Crippen LogP contribution in [0.5, 0.6) is 5.75 Å². The van der Waals surface area contributed by atoms with Gasteiger partial charge in [-0.15, -0.1) is 0 Å². The molecule has 13 heteroatoms. The summed E-state index contributed by atoms with van der Waals surface area (Å²) in [6.07, 6.45) is 9.96. The molecule has 1 amide bonds. The molecule has 0 unspecified atom stereocenters. The maximum absolute atomic E-state index is 13.7. The smallest absolute Gasteiger partial charge is 0.264 e. The van der Waals surface area contributed by atoms with E-state index in [1.54, 1.807) is 27.2 Å². The van der Waals surface area contributed by atoms with Gasteiger partial charge in [0.05, 0.1) is 30.8 Å². The molecule has 3 aliphatic heterocycles. The number of hydrogen-bond acceptors (Lipinski definition) is 10. The molecule has 5 aliphatic rings. The molecule has 7 rings (SSSR count). The molecule has 56 heavy (non-hydrogen) atoms. The minimum Gasteiger partial charge on any atom is -0.490 e. The topological polar surface area (TPSA) is 110 Å². The van der Waals surface area contributed by atoms with E-state index < -0.39 is 26.8 Å². The van der Waals surface area contributed by atoms with Gasteiger partial charge in [0.15, 0.2) is 0 Å². The highest BCUT2D eigenvalue weighted by atomic mass is 35.5. The number of anilines is 1. The highest BCUT2D eigenvalue weighted by molar-refractivity contribution is 7.90. The van der Waals surface area contributed by atoms with E-state index in [-0.39, 0.29) is 17.3 Å². The van der Waals surface area contributed by atoms with Crippen LogP contribution in [0.1, 0.15) is 67.4 Å². The number of carbonyl (C=O) groups is 1. The Bertz CT molecular complexity index is 1850. The summed E-state index contributed by atoms with van der Waals surface area (Å²) in [7, 11) is 1.36. The molecule has 2 aromatic carbocycles. The number of carbonyl (C=O) groups excluding carboxylic acids is 1. The first-order valence-corrected chi connectivity index (χ1v) is 22.4. The number of nitrogens with one attached hydrogen (secondary N) is 1. The summed E-state index contributed by atoms with van der Waals surface area (Å²) in [6, 6.07) is 12.0. The predicted molar refractivity (Wildman–Crippen MR) is 220 cm³/mol. The van der Waals surface area contributed by atoms with Gasteiger partial charge in [0.2, 0.25) is 10.0 Å². The van der Waals surface area contributed by atoms with Crippen molar-refractivity contribution in [3.05, 3.63) is 70.3 Å². The number of rotatable bonds is 10. The summed E-state index contributed by atoms with van der Waals surface area (Å²) < 4.78 is 54.0. The SMILES string of the molecule is COCCN(CCOC)C1CN(C[C@]2(OC)/C=C/C[C@H](C)[C@@H](C)S(=O)(=O)NC(=O)c3ccc4c(c3)N(C[C@@H]3CC[C@H]32)C[C@@]2(CCCc3cc(Cl)ccc32)CO4)C1. The molecule has 1 saturated carbocycles. The highest BCUT2D eigenvalue weighted by Gasteiger charge is 2.51. The minimum atomic E-state index is -3.97. The largest absolute Gasteiger partial charge is 0.490 e. The second kappa shape index (κ2) is 17.3. The molecule has 2 aliphatic carbocycles. The number of methoxy groups -OCH3 is 3. The molecule has 2 bridgehead atoms. The number of allylic oxidation sites excluding steroid dienone is 1. The second-order valence-electron chi connectivity index (χ2n) is 17.1.